The average molecular weight is 249 g/mol. The molecule has 0 aliphatic rings. The van der Waals surface area contributed by atoms with Gasteiger partial charge in [-0.15, -0.1) is 0 Å². The van der Waals surface area contributed by atoms with Crippen molar-refractivity contribution in [3.8, 4) is 5.75 Å². The average Bonchev–Trinajstić information content (AvgIpc) is 2.34. The van der Waals surface area contributed by atoms with Crippen LogP contribution in [0.15, 0.2) is 29.3 Å². The van der Waals surface area contributed by atoms with E-state index >= 15 is 0 Å². The van der Waals surface area contributed by atoms with Gasteiger partial charge >= 0.3 is 0 Å². The van der Waals surface area contributed by atoms with Gasteiger partial charge in [0.05, 0.1) is 6.54 Å². The summed E-state index contributed by atoms with van der Waals surface area (Å²) >= 11 is 0. The molecular weight excluding hydrogens is 226 g/mol. The first kappa shape index (κ1) is 14.4. The molecular formula is C14H23N3O. The standard InChI is InChI=1S/C14H23N3O/c1-5-16-14(15-4)17-10-12(3)18-13-8-6-7-11(2)9-13/h6-9,12H,5,10H2,1-4H3,(H2,15,16,17). The summed E-state index contributed by atoms with van der Waals surface area (Å²) in [6, 6.07) is 8.07. The molecule has 18 heavy (non-hydrogen) atoms. The van der Waals surface area contributed by atoms with E-state index in [1.165, 1.54) is 5.56 Å². The number of hydrogen-bond donors (Lipinski definition) is 2. The number of nitrogens with zero attached hydrogens (tertiary/aromatic N) is 1. The van der Waals surface area contributed by atoms with E-state index < -0.39 is 0 Å². The number of ether oxygens (including phenoxy) is 1. The first-order chi connectivity index (χ1) is 8.65. The van der Waals surface area contributed by atoms with Crippen LogP contribution in [-0.2, 0) is 0 Å². The van der Waals surface area contributed by atoms with Crippen molar-refractivity contribution in [1.29, 1.82) is 0 Å². The van der Waals surface area contributed by atoms with Crippen LogP contribution in [0.5, 0.6) is 5.75 Å². The highest BCUT2D eigenvalue weighted by Gasteiger charge is 2.05. The Balaban J connectivity index is 2.40. The van der Waals surface area contributed by atoms with Crippen molar-refractivity contribution in [3.63, 3.8) is 0 Å². The Morgan fingerprint density at radius 1 is 1.39 bits per heavy atom. The zero-order valence-corrected chi connectivity index (χ0v) is 11.7. The van der Waals surface area contributed by atoms with E-state index in [1.807, 2.05) is 32.0 Å². The van der Waals surface area contributed by atoms with Gasteiger partial charge in [0.15, 0.2) is 5.96 Å². The Hall–Kier alpha value is -1.71. The van der Waals surface area contributed by atoms with Gasteiger partial charge in [0.2, 0.25) is 0 Å². The molecule has 0 aromatic heterocycles. The first-order valence-corrected chi connectivity index (χ1v) is 6.33. The van der Waals surface area contributed by atoms with Gasteiger partial charge in [-0.25, -0.2) is 0 Å². The molecule has 0 aliphatic carbocycles. The second-order valence-electron chi connectivity index (χ2n) is 4.23. The van der Waals surface area contributed by atoms with Crippen LogP contribution >= 0.6 is 0 Å². The Morgan fingerprint density at radius 2 is 2.17 bits per heavy atom. The van der Waals surface area contributed by atoms with Crippen LogP contribution in [-0.4, -0.2) is 32.2 Å². The predicted octanol–water partition coefficient (Wildman–Crippen LogP) is 1.95. The van der Waals surface area contributed by atoms with E-state index in [-0.39, 0.29) is 6.10 Å². The summed E-state index contributed by atoms with van der Waals surface area (Å²) in [5.41, 5.74) is 1.20. The molecule has 0 bridgehead atoms. The number of hydrogen-bond acceptors (Lipinski definition) is 2. The number of nitrogens with one attached hydrogen (secondary N) is 2. The largest absolute Gasteiger partial charge is 0.489 e. The summed E-state index contributed by atoms with van der Waals surface area (Å²) in [5.74, 6) is 1.71. The molecule has 1 aromatic carbocycles. The maximum Gasteiger partial charge on any atom is 0.191 e. The van der Waals surface area contributed by atoms with Crippen LogP contribution < -0.4 is 15.4 Å². The minimum atomic E-state index is 0.0854. The minimum absolute atomic E-state index is 0.0854. The quantitative estimate of drug-likeness (QED) is 0.619. The van der Waals surface area contributed by atoms with E-state index in [9.17, 15) is 0 Å². The third-order valence-corrected chi connectivity index (χ3v) is 2.45. The molecule has 1 aromatic rings. The molecule has 4 heteroatoms. The number of aryl methyl sites for hydroxylation is 1. The van der Waals surface area contributed by atoms with Crippen molar-refractivity contribution in [1.82, 2.24) is 10.6 Å². The zero-order valence-electron chi connectivity index (χ0n) is 11.7. The number of rotatable bonds is 5. The van der Waals surface area contributed by atoms with E-state index in [0.29, 0.717) is 6.54 Å². The summed E-state index contributed by atoms with van der Waals surface area (Å²) in [7, 11) is 1.76. The molecule has 1 unspecified atom stereocenters. The lowest BCUT2D eigenvalue weighted by Crippen LogP contribution is -2.41. The van der Waals surface area contributed by atoms with Gasteiger partial charge in [0.1, 0.15) is 11.9 Å². The molecule has 0 aliphatic heterocycles. The summed E-state index contributed by atoms with van der Waals surface area (Å²) in [6.07, 6.45) is 0.0854. The van der Waals surface area contributed by atoms with Crippen LogP contribution in [0.2, 0.25) is 0 Å². The topological polar surface area (TPSA) is 45.7 Å². The van der Waals surface area contributed by atoms with E-state index in [0.717, 1.165) is 18.3 Å². The van der Waals surface area contributed by atoms with Gasteiger partial charge < -0.3 is 15.4 Å². The Kier molecular flexibility index (Phi) is 6.05. The Bertz CT molecular complexity index is 390. The fourth-order valence-electron chi connectivity index (χ4n) is 1.59. The Morgan fingerprint density at radius 3 is 2.78 bits per heavy atom. The van der Waals surface area contributed by atoms with Crippen molar-refractivity contribution in [2.24, 2.45) is 4.99 Å². The SMILES string of the molecule is CCNC(=NC)NCC(C)Oc1cccc(C)c1. The maximum atomic E-state index is 5.82. The van der Waals surface area contributed by atoms with E-state index in [2.05, 4.69) is 28.6 Å². The predicted molar refractivity (Wildman–Crippen MR) is 76.3 cm³/mol. The summed E-state index contributed by atoms with van der Waals surface area (Å²) in [5, 5.41) is 6.36. The highest BCUT2D eigenvalue weighted by Crippen LogP contribution is 2.13. The second kappa shape index (κ2) is 7.58. The molecule has 0 heterocycles. The fraction of sp³-hybridized carbons (Fsp3) is 0.500. The van der Waals surface area contributed by atoms with Crippen molar-refractivity contribution in [2.75, 3.05) is 20.1 Å². The lowest BCUT2D eigenvalue weighted by molar-refractivity contribution is 0.223. The number of guanidine groups is 1. The molecule has 0 amide bonds. The maximum absolute atomic E-state index is 5.82. The third-order valence-electron chi connectivity index (χ3n) is 2.45. The van der Waals surface area contributed by atoms with Crippen molar-refractivity contribution >= 4 is 5.96 Å². The van der Waals surface area contributed by atoms with Gasteiger partial charge in [-0.3, -0.25) is 4.99 Å². The molecule has 0 fully saturated rings. The number of benzene rings is 1. The molecule has 1 rings (SSSR count). The molecule has 0 radical (unpaired) electrons. The third kappa shape index (κ3) is 5.08. The molecule has 0 spiro atoms. The highest BCUT2D eigenvalue weighted by atomic mass is 16.5. The molecule has 4 nitrogen and oxygen atoms in total. The number of aliphatic imine (C=N–C) groups is 1. The summed E-state index contributed by atoms with van der Waals surface area (Å²) < 4.78 is 5.82. The van der Waals surface area contributed by atoms with Crippen LogP contribution in [0.3, 0.4) is 0 Å². The van der Waals surface area contributed by atoms with Gasteiger partial charge in [0.25, 0.3) is 0 Å². The summed E-state index contributed by atoms with van der Waals surface area (Å²) in [6.45, 7) is 7.71. The molecule has 0 saturated heterocycles. The molecule has 2 N–H and O–H groups in total. The van der Waals surface area contributed by atoms with Crippen molar-refractivity contribution in [3.05, 3.63) is 29.8 Å². The minimum Gasteiger partial charge on any atom is -0.489 e. The van der Waals surface area contributed by atoms with Crippen molar-refractivity contribution in [2.45, 2.75) is 26.9 Å². The van der Waals surface area contributed by atoms with Gasteiger partial charge in [-0.1, -0.05) is 12.1 Å². The van der Waals surface area contributed by atoms with Crippen LogP contribution in [0.1, 0.15) is 19.4 Å². The van der Waals surface area contributed by atoms with E-state index in [4.69, 9.17) is 4.74 Å². The van der Waals surface area contributed by atoms with Crippen LogP contribution in [0, 0.1) is 6.92 Å². The van der Waals surface area contributed by atoms with Crippen LogP contribution in [0.4, 0.5) is 0 Å². The monoisotopic (exact) mass is 249 g/mol. The molecule has 0 saturated carbocycles. The Labute approximate surface area is 109 Å². The van der Waals surface area contributed by atoms with Gasteiger partial charge in [0, 0.05) is 13.6 Å². The lowest BCUT2D eigenvalue weighted by Gasteiger charge is -2.17. The molecule has 100 valence electrons. The van der Waals surface area contributed by atoms with Crippen LogP contribution in [0.25, 0.3) is 0 Å². The highest BCUT2D eigenvalue weighted by molar-refractivity contribution is 5.79. The fourth-order valence-corrected chi connectivity index (χ4v) is 1.59. The smallest absolute Gasteiger partial charge is 0.191 e. The normalized spacial score (nSPS) is 13.0. The molecule has 1 atom stereocenters. The van der Waals surface area contributed by atoms with Gasteiger partial charge in [-0.05, 0) is 38.5 Å². The lowest BCUT2D eigenvalue weighted by atomic mass is 10.2. The first-order valence-electron chi connectivity index (χ1n) is 6.33. The zero-order chi connectivity index (χ0) is 13.4. The summed E-state index contributed by atoms with van der Waals surface area (Å²) in [4.78, 5) is 4.11. The van der Waals surface area contributed by atoms with Crippen molar-refractivity contribution < 1.29 is 4.74 Å². The second-order valence-corrected chi connectivity index (χ2v) is 4.23. The van der Waals surface area contributed by atoms with E-state index in [1.54, 1.807) is 7.05 Å². The van der Waals surface area contributed by atoms with Gasteiger partial charge in [-0.2, -0.15) is 0 Å².